The molecule has 0 fully saturated rings. The van der Waals surface area contributed by atoms with E-state index < -0.39 is 17.6 Å². The zero-order chi connectivity index (χ0) is 12.9. The molecule has 0 atom stereocenters. The third-order valence-corrected chi connectivity index (χ3v) is 2.17. The van der Waals surface area contributed by atoms with Crippen LogP contribution < -0.4 is 5.32 Å². The molecule has 0 aliphatic rings. The summed E-state index contributed by atoms with van der Waals surface area (Å²) in [5, 5.41) is 2.75. The standard InChI is InChI=1S/C11H13F4NO/c1-17-5-4-16-7-8-6-9(12)2-3-10(8)11(13,14)15/h2-3,6,16H,4-5,7H2,1H3. The molecular formula is C11H13F4NO. The fourth-order valence-electron chi connectivity index (χ4n) is 1.38. The lowest BCUT2D eigenvalue weighted by atomic mass is 10.1. The molecule has 0 heterocycles. The Hall–Kier alpha value is -1.14. The van der Waals surface area contributed by atoms with E-state index >= 15 is 0 Å². The van der Waals surface area contributed by atoms with Gasteiger partial charge in [0.25, 0.3) is 0 Å². The molecule has 0 aliphatic carbocycles. The number of methoxy groups -OCH3 is 1. The molecule has 0 bridgehead atoms. The van der Waals surface area contributed by atoms with Crippen molar-refractivity contribution in [3.05, 3.63) is 35.1 Å². The van der Waals surface area contributed by atoms with Gasteiger partial charge in [-0.1, -0.05) is 0 Å². The first-order valence-corrected chi connectivity index (χ1v) is 5.00. The number of ether oxygens (including phenoxy) is 1. The van der Waals surface area contributed by atoms with Gasteiger partial charge < -0.3 is 10.1 Å². The lowest BCUT2D eigenvalue weighted by Gasteiger charge is -2.13. The number of hydrogen-bond donors (Lipinski definition) is 1. The second-order valence-corrected chi connectivity index (χ2v) is 3.47. The minimum atomic E-state index is -4.47. The van der Waals surface area contributed by atoms with Crippen LogP contribution in [0.3, 0.4) is 0 Å². The number of rotatable bonds is 5. The highest BCUT2D eigenvalue weighted by Crippen LogP contribution is 2.32. The van der Waals surface area contributed by atoms with E-state index in [0.717, 1.165) is 18.2 Å². The minimum Gasteiger partial charge on any atom is -0.383 e. The summed E-state index contributed by atoms with van der Waals surface area (Å²) in [4.78, 5) is 0. The Labute approximate surface area is 96.6 Å². The fraction of sp³-hybridized carbons (Fsp3) is 0.455. The Morgan fingerprint density at radius 3 is 2.59 bits per heavy atom. The van der Waals surface area contributed by atoms with Crippen molar-refractivity contribution in [3.63, 3.8) is 0 Å². The van der Waals surface area contributed by atoms with E-state index in [1.807, 2.05) is 0 Å². The Morgan fingerprint density at radius 2 is 2.00 bits per heavy atom. The van der Waals surface area contributed by atoms with Crippen LogP contribution in [0.2, 0.25) is 0 Å². The van der Waals surface area contributed by atoms with Gasteiger partial charge in [0.2, 0.25) is 0 Å². The smallest absolute Gasteiger partial charge is 0.383 e. The monoisotopic (exact) mass is 251 g/mol. The summed E-state index contributed by atoms with van der Waals surface area (Å²) < 4.78 is 55.4. The molecule has 0 spiro atoms. The maximum atomic E-state index is 12.9. The summed E-state index contributed by atoms with van der Waals surface area (Å²) in [7, 11) is 1.49. The van der Waals surface area contributed by atoms with Gasteiger partial charge in [0, 0.05) is 20.2 Å². The van der Waals surface area contributed by atoms with E-state index in [2.05, 4.69) is 5.32 Å². The van der Waals surface area contributed by atoms with Gasteiger partial charge >= 0.3 is 6.18 Å². The van der Waals surface area contributed by atoms with Crippen molar-refractivity contribution in [1.82, 2.24) is 5.32 Å². The molecule has 0 amide bonds. The summed E-state index contributed by atoms with van der Waals surface area (Å²) in [6, 6.07) is 2.45. The van der Waals surface area contributed by atoms with Gasteiger partial charge in [-0.05, 0) is 23.8 Å². The highest BCUT2D eigenvalue weighted by atomic mass is 19.4. The van der Waals surface area contributed by atoms with E-state index in [-0.39, 0.29) is 12.1 Å². The maximum Gasteiger partial charge on any atom is 0.416 e. The second kappa shape index (κ2) is 5.97. The lowest BCUT2D eigenvalue weighted by Crippen LogP contribution is -2.21. The summed E-state index contributed by atoms with van der Waals surface area (Å²) in [6.45, 7) is 0.747. The van der Waals surface area contributed by atoms with Gasteiger partial charge in [-0.15, -0.1) is 0 Å². The lowest BCUT2D eigenvalue weighted by molar-refractivity contribution is -0.138. The topological polar surface area (TPSA) is 21.3 Å². The summed E-state index contributed by atoms with van der Waals surface area (Å²) in [6.07, 6.45) is -4.47. The third-order valence-electron chi connectivity index (χ3n) is 2.17. The van der Waals surface area contributed by atoms with Gasteiger partial charge in [0.1, 0.15) is 5.82 Å². The van der Waals surface area contributed by atoms with Crippen molar-refractivity contribution in [3.8, 4) is 0 Å². The molecule has 0 aliphatic heterocycles. The first kappa shape index (κ1) is 13.9. The van der Waals surface area contributed by atoms with Gasteiger partial charge in [0.05, 0.1) is 12.2 Å². The molecule has 1 N–H and O–H groups in total. The van der Waals surface area contributed by atoms with E-state index in [1.54, 1.807) is 0 Å². The fourth-order valence-corrected chi connectivity index (χ4v) is 1.38. The van der Waals surface area contributed by atoms with Crippen LogP contribution in [0.5, 0.6) is 0 Å². The second-order valence-electron chi connectivity index (χ2n) is 3.47. The Kier molecular flexibility index (Phi) is 4.89. The quantitative estimate of drug-likeness (QED) is 0.641. The number of alkyl halides is 3. The normalized spacial score (nSPS) is 11.8. The summed E-state index contributed by atoms with van der Waals surface area (Å²) >= 11 is 0. The number of benzene rings is 1. The van der Waals surface area contributed by atoms with E-state index in [9.17, 15) is 17.6 Å². The molecule has 1 aromatic carbocycles. The number of hydrogen-bond acceptors (Lipinski definition) is 2. The molecule has 2 nitrogen and oxygen atoms in total. The van der Waals surface area contributed by atoms with Crippen molar-refractivity contribution >= 4 is 0 Å². The zero-order valence-electron chi connectivity index (χ0n) is 9.27. The van der Waals surface area contributed by atoms with E-state index in [4.69, 9.17) is 4.74 Å². The molecule has 96 valence electrons. The maximum absolute atomic E-state index is 12.9. The minimum absolute atomic E-state index is 0.0457. The molecule has 0 radical (unpaired) electrons. The molecule has 0 aromatic heterocycles. The first-order chi connectivity index (χ1) is 7.95. The van der Waals surface area contributed by atoms with Crippen LogP contribution in [0.4, 0.5) is 17.6 Å². The molecular weight excluding hydrogens is 238 g/mol. The SMILES string of the molecule is COCCNCc1cc(F)ccc1C(F)(F)F. The Morgan fingerprint density at radius 1 is 1.29 bits per heavy atom. The van der Waals surface area contributed by atoms with Crippen molar-refractivity contribution in [2.45, 2.75) is 12.7 Å². The molecule has 0 saturated carbocycles. The Balaban J connectivity index is 2.77. The summed E-state index contributed by atoms with van der Waals surface area (Å²) in [5.41, 5.74) is -0.919. The van der Waals surface area contributed by atoms with Crippen molar-refractivity contribution in [2.24, 2.45) is 0 Å². The van der Waals surface area contributed by atoms with Gasteiger partial charge in [-0.3, -0.25) is 0 Å². The largest absolute Gasteiger partial charge is 0.416 e. The highest BCUT2D eigenvalue weighted by Gasteiger charge is 2.33. The van der Waals surface area contributed by atoms with Crippen molar-refractivity contribution in [2.75, 3.05) is 20.3 Å². The highest BCUT2D eigenvalue weighted by molar-refractivity contribution is 5.30. The van der Waals surface area contributed by atoms with Gasteiger partial charge in [-0.25, -0.2) is 4.39 Å². The molecule has 0 saturated heterocycles. The van der Waals surface area contributed by atoms with Crippen LogP contribution in [0.25, 0.3) is 0 Å². The molecule has 6 heteroatoms. The van der Waals surface area contributed by atoms with E-state index in [0.29, 0.717) is 13.2 Å². The van der Waals surface area contributed by atoms with E-state index in [1.165, 1.54) is 7.11 Å². The number of nitrogens with one attached hydrogen (secondary N) is 1. The third kappa shape index (κ3) is 4.32. The van der Waals surface area contributed by atoms with Crippen LogP contribution in [0.15, 0.2) is 18.2 Å². The average molecular weight is 251 g/mol. The molecule has 1 aromatic rings. The zero-order valence-corrected chi connectivity index (χ0v) is 9.27. The van der Waals surface area contributed by atoms with Crippen LogP contribution in [-0.4, -0.2) is 20.3 Å². The van der Waals surface area contributed by atoms with Crippen molar-refractivity contribution < 1.29 is 22.3 Å². The van der Waals surface area contributed by atoms with Crippen molar-refractivity contribution in [1.29, 1.82) is 0 Å². The predicted octanol–water partition coefficient (Wildman–Crippen LogP) is 2.58. The predicted molar refractivity (Wildman–Crippen MR) is 55.0 cm³/mol. The van der Waals surface area contributed by atoms with Crippen LogP contribution in [-0.2, 0) is 17.5 Å². The average Bonchev–Trinajstić information content (AvgIpc) is 2.23. The Bertz CT molecular complexity index is 365. The number of halogens is 4. The van der Waals surface area contributed by atoms with Crippen LogP contribution in [0.1, 0.15) is 11.1 Å². The van der Waals surface area contributed by atoms with Crippen LogP contribution in [0, 0.1) is 5.82 Å². The first-order valence-electron chi connectivity index (χ1n) is 5.00. The molecule has 17 heavy (non-hydrogen) atoms. The van der Waals surface area contributed by atoms with Gasteiger partial charge in [0.15, 0.2) is 0 Å². The van der Waals surface area contributed by atoms with Crippen LogP contribution >= 0.6 is 0 Å². The van der Waals surface area contributed by atoms with Gasteiger partial charge in [-0.2, -0.15) is 13.2 Å². The molecule has 1 rings (SSSR count). The summed E-state index contributed by atoms with van der Waals surface area (Å²) in [5.74, 6) is -0.679. The molecule has 0 unspecified atom stereocenters.